The maximum atomic E-state index is 12.2. The molecule has 0 aromatic heterocycles. The van der Waals surface area contributed by atoms with E-state index in [4.69, 9.17) is 0 Å². The van der Waals surface area contributed by atoms with Crippen LogP contribution in [-0.4, -0.2) is 90.9 Å². The predicted octanol–water partition coefficient (Wildman–Crippen LogP) is 1.81. The third-order valence-corrected chi connectivity index (χ3v) is 5.17. The Balaban J connectivity index is 0.00000324. The van der Waals surface area contributed by atoms with Crippen LogP contribution in [0.4, 0.5) is 13.2 Å². The van der Waals surface area contributed by atoms with Crippen LogP contribution < -0.4 is 9.37 Å². The van der Waals surface area contributed by atoms with E-state index in [0.29, 0.717) is 5.19 Å². The molecule has 19 heavy (non-hydrogen) atoms. The summed E-state index contributed by atoms with van der Waals surface area (Å²) in [4.78, 5) is 0. The molecule has 0 amide bonds. The summed E-state index contributed by atoms with van der Waals surface area (Å²) in [6.45, 7) is 5.65. The molecule has 104 valence electrons. The van der Waals surface area contributed by atoms with Gasteiger partial charge in [0, 0.05) is 0 Å². The molecule has 1 aromatic rings. The number of hydrogen-bond donors (Lipinski definition) is 0. The fourth-order valence-electron chi connectivity index (χ4n) is 1.32. The van der Waals surface area contributed by atoms with Gasteiger partial charge in [-0.05, 0) is 11.3 Å². The fraction of sp³-hybridized carbons (Fsp3) is 0.400. The standard InChI is InChI=1S/C10H13F3O3SSi.Cs.H/c1-18(2,3)9-7-5-4-6-8(9)16-17(14,15)10(11,12)13;;/h4-7H,1-3H3;;. The molecule has 0 aliphatic carbocycles. The Labute approximate surface area is 170 Å². The Morgan fingerprint density at radius 1 is 1.11 bits per heavy atom. The van der Waals surface area contributed by atoms with Crippen LogP contribution in [0.3, 0.4) is 0 Å². The molecule has 0 bridgehead atoms. The fourth-order valence-corrected chi connectivity index (χ4v) is 3.34. The van der Waals surface area contributed by atoms with Crippen molar-refractivity contribution in [2.24, 2.45) is 0 Å². The molecule has 0 atom stereocenters. The monoisotopic (exact) mass is 432 g/mol. The number of para-hydroxylation sites is 1. The summed E-state index contributed by atoms with van der Waals surface area (Å²) < 4.78 is 62.9. The normalized spacial score (nSPS) is 12.7. The zero-order chi connectivity index (χ0) is 14.2. The van der Waals surface area contributed by atoms with Crippen LogP contribution in [0, 0.1) is 0 Å². The number of alkyl halides is 3. The summed E-state index contributed by atoms with van der Waals surface area (Å²) >= 11 is 0. The molecule has 0 saturated heterocycles. The zero-order valence-corrected chi connectivity index (χ0v) is 11.9. The quantitative estimate of drug-likeness (QED) is 0.416. The molecule has 0 spiro atoms. The van der Waals surface area contributed by atoms with Gasteiger partial charge in [-0.15, -0.1) is 0 Å². The first kappa shape index (κ1) is 20.0. The van der Waals surface area contributed by atoms with E-state index in [1.807, 2.05) is 19.6 Å². The van der Waals surface area contributed by atoms with Crippen LogP contribution in [0.2, 0.25) is 19.6 Å². The van der Waals surface area contributed by atoms with Crippen LogP contribution in [-0.2, 0) is 10.1 Å². The van der Waals surface area contributed by atoms with Gasteiger partial charge in [-0.3, -0.25) is 0 Å². The summed E-state index contributed by atoms with van der Waals surface area (Å²) in [5.41, 5.74) is -5.42. The first-order valence-corrected chi connectivity index (χ1v) is 9.96. The van der Waals surface area contributed by atoms with Gasteiger partial charge in [-0.2, -0.15) is 21.6 Å². The molecular weight excluding hydrogens is 418 g/mol. The molecule has 3 nitrogen and oxygen atoms in total. The molecule has 0 fully saturated rings. The van der Waals surface area contributed by atoms with Crippen LogP contribution >= 0.6 is 0 Å². The summed E-state index contributed by atoms with van der Waals surface area (Å²) in [5.74, 6) is -0.242. The first-order chi connectivity index (χ1) is 7.95. The molecule has 0 N–H and O–H groups in total. The van der Waals surface area contributed by atoms with E-state index < -0.39 is 23.7 Å². The van der Waals surface area contributed by atoms with E-state index in [2.05, 4.69) is 4.18 Å². The topological polar surface area (TPSA) is 43.4 Å². The van der Waals surface area contributed by atoms with Crippen molar-refractivity contribution in [3.05, 3.63) is 24.3 Å². The Morgan fingerprint density at radius 2 is 1.58 bits per heavy atom. The third kappa shape index (κ3) is 5.38. The van der Waals surface area contributed by atoms with Gasteiger partial charge >= 0.3 is 84.5 Å². The van der Waals surface area contributed by atoms with Crippen molar-refractivity contribution in [3.63, 3.8) is 0 Å². The molecule has 0 aliphatic heterocycles. The van der Waals surface area contributed by atoms with Crippen molar-refractivity contribution < 1.29 is 25.8 Å². The second kappa shape index (κ2) is 6.86. The Bertz CT molecular complexity index is 538. The van der Waals surface area contributed by atoms with Crippen LogP contribution in [0.1, 0.15) is 0 Å². The maximum absolute atomic E-state index is 12.2. The minimum atomic E-state index is -5.61. The Kier molecular flexibility index (Phi) is 7.23. The second-order valence-electron chi connectivity index (χ2n) is 4.73. The molecule has 0 aliphatic rings. The van der Waals surface area contributed by atoms with Gasteiger partial charge in [-0.25, -0.2) is 0 Å². The first-order valence-electron chi connectivity index (χ1n) is 5.05. The van der Waals surface area contributed by atoms with Crippen LogP contribution in [0.15, 0.2) is 24.3 Å². The molecule has 9 heteroatoms. The molecule has 0 saturated carbocycles. The zero-order valence-electron chi connectivity index (χ0n) is 10.1. The molecular formula is C10H14CsF3O3SSi. The van der Waals surface area contributed by atoms with E-state index in [1.54, 1.807) is 12.1 Å². The van der Waals surface area contributed by atoms with E-state index in [1.165, 1.54) is 12.1 Å². The van der Waals surface area contributed by atoms with Gasteiger partial charge in [-0.1, -0.05) is 37.8 Å². The van der Waals surface area contributed by atoms with E-state index in [-0.39, 0.29) is 74.6 Å². The van der Waals surface area contributed by atoms with E-state index >= 15 is 0 Å². The summed E-state index contributed by atoms with van der Waals surface area (Å²) in [6, 6.07) is 5.90. The molecule has 1 rings (SSSR count). The van der Waals surface area contributed by atoms with E-state index in [9.17, 15) is 21.6 Å². The van der Waals surface area contributed by atoms with Crippen molar-refractivity contribution >= 4 is 92.3 Å². The van der Waals surface area contributed by atoms with Crippen molar-refractivity contribution in [2.75, 3.05) is 0 Å². The summed E-state index contributed by atoms with van der Waals surface area (Å²) in [6.07, 6.45) is 0. The predicted molar refractivity (Wildman–Crippen MR) is 72.2 cm³/mol. The third-order valence-electron chi connectivity index (χ3n) is 2.18. The van der Waals surface area contributed by atoms with Crippen LogP contribution in [0.25, 0.3) is 0 Å². The second-order valence-corrected chi connectivity index (χ2v) is 11.3. The van der Waals surface area contributed by atoms with Crippen LogP contribution in [0.5, 0.6) is 5.75 Å². The number of benzene rings is 1. The SMILES string of the molecule is C[Si](C)(C)c1ccccc1OS(=O)(=O)C(F)(F)F.[CsH]. The Morgan fingerprint density at radius 3 is 2.00 bits per heavy atom. The van der Waals surface area contributed by atoms with Gasteiger partial charge in [0.25, 0.3) is 0 Å². The van der Waals surface area contributed by atoms with Gasteiger partial charge in [0.15, 0.2) is 0 Å². The van der Waals surface area contributed by atoms with Crippen molar-refractivity contribution in [2.45, 2.75) is 25.1 Å². The van der Waals surface area contributed by atoms with Gasteiger partial charge in [0.2, 0.25) is 0 Å². The van der Waals surface area contributed by atoms with Gasteiger partial charge in [0.05, 0.1) is 8.07 Å². The summed E-state index contributed by atoms with van der Waals surface area (Å²) in [5, 5.41) is 0.526. The van der Waals surface area contributed by atoms with Crippen molar-refractivity contribution in [1.82, 2.24) is 0 Å². The molecule has 0 heterocycles. The van der Waals surface area contributed by atoms with Crippen molar-refractivity contribution in [3.8, 4) is 5.75 Å². The average Bonchev–Trinajstić information content (AvgIpc) is 2.14. The van der Waals surface area contributed by atoms with Crippen molar-refractivity contribution in [1.29, 1.82) is 0 Å². The summed E-state index contributed by atoms with van der Waals surface area (Å²) in [7, 11) is -7.60. The van der Waals surface area contributed by atoms with Gasteiger partial charge in [0.1, 0.15) is 5.75 Å². The Hall–Kier alpha value is 1.03. The molecule has 0 unspecified atom stereocenters. The van der Waals surface area contributed by atoms with Gasteiger partial charge < -0.3 is 4.18 Å². The minimum absolute atomic E-state index is 0. The molecule has 1 aromatic carbocycles. The number of halogens is 3. The molecule has 0 radical (unpaired) electrons. The average molecular weight is 432 g/mol. The van der Waals surface area contributed by atoms with E-state index in [0.717, 1.165) is 0 Å². The number of hydrogen-bond acceptors (Lipinski definition) is 3. The number of rotatable bonds is 3.